The van der Waals surface area contributed by atoms with E-state index >= 15 is 0 Å². The van der Waals surface area contributed by atoms with E-state index in [2.05, 4.69) is 10.6 Å². The first-order valence-corrected chi connectivity index (χ1v) is 13.1. The van der Waals surface area contributed by atoms with Crippen LogP contribution in [0, 0.1) is 12.7 Å². The summed E-state index contributed by atoms with van der Waals surface area (Å²) in [6, 6.07) is 17.4. The zero-order valence-corrected chi connectivity index (χ0v) is 22.5. The Balaban J connectivity index is 1.40. The SMILES string of the molecule is CCOc1cc(/C=C2\SC(=O)N(CC(=O)Nc3ccc(F)cc3)C2=O)ccc1OCC(=O)Nc1ccccc1C. The Labute approximate surface area is 234 Å². The highest BCUT2D eigenvalue weighted by molar-refractivity contribution is 8.18. The average Bonchev–Trinajstić information content (AvgIpc) is 3.18. The maximum Gasteiger partial charge on any atom is 0.294 e. The lowest BCUT2D eigenvalue weighted by Crippen LogP contribution is -2.36. The Morgan fingerprint density at radius 1 is 0.950 bits per heavy atom. The topological polar surface area (TPSA) is 114 Å². The second-order valence-electron chi connectivity index (χ2n) is 8.61. The van der Waals surface area contributed by atoms with Gasteiger partial charge in [-0.05, 0) is 85.3 Å². The number of hydrogen-bond donors (Lipinski definition) is 2. The zero-order chi connectivity index (χ0) is 28.6. The molecule has 0 saturated carbocycles. The lowest BCUT2D eigenvalue weighted by atomic mass is 10.2. The lowest BCUT2D eigenvalue weighted by molar-refractivity contribution is -0.127. The molecule has 206 valence electrons. The van der Waals surface area contributed by atoms with Crippen LogP contribution in [0.1, 0.15) is 18.1 Å². The Morgan fingerprint density at radius 2 is 1.70 bits per heavy atom. The highest BCUT2D eigenvalue weighted by Crippen LogP contribution is 2.34. The van der Waals surface area contributed by atoms with E-state index in [0.717, 1.165) is 10.5 Å². The van der Waals surface area contributed by atoms with Crippen molar-refractivity contribution in [3.05, 3.63) is 88.6 Å². The van der Waals surface area contributed by atoms with Gasteiger partial charge in [0.1, 0.15) is 12.4 Å². The Kier molecular flexibility index (Phi) is 9.18. The van der Waals surface area contributed by atoms with Crippen LogP contribution in [-0.2, 0) is 14.4 Å². The second-order valence-corrected chi connectivity index (χ2v) is 9.61. The molecule has 40 heavy (non-hydrogen) atoms. The predicted molar refractivity (Wildman–Crippen MR) is 151 cm³/mol. The van der Waals surface area contributed by atoms with E-state index in [0.29, 0.717) is 46.8 Å². The van der Waals surface area contributed by atoms with E-state index in [-0.39, 0.29) is 17.4 Å². The maximum atomic E-state index is 13.1. The fourth-order valence-corrected chi connectivity index (χ4v) is 4.55. The van der Waals surface area contributed by atoms with Crippen molar-refractivity contribution < 1.29 is 33.0 Å². The van der Waals surface area contributed by atoms with Crippen molar-refractivity contribution in [3.63, 3.8) is 0 Å². The first-order valence-electron chi connectivity index (χ1n) is 12.3. The third kappa shape index (κ3) is 7.26. The number of imide groups is 1. The number of anilines is 2. The van der Waals surface area contributed by atoms with Crippen molar-refractivity contribution in [2.24, 2.45) is 0 Å². The number of hydrogen-bond acceptors (Lipinski definition) is 7. The number of halogens is 1. The number of rotatable bonds is 10. The minimum absolute atomic E-state index is 0.133. The summed E-state index contributed by atoms with van der Waals surface area (Å²) in [6.45, 7) is 3.28. The number of para-hydroxylation sites is 1. The molecule has 3 aromatic rings. The molecule has 4 rings (SSSR count). The smallest absolute Gasteiger partial charge is 0.294 e. The molecule has 4 amide bonds. The maximum absolute atomic E-state index is 13.1. The van der Waals surface area contributed by atoms with Crippen molar-refractivity contribution in [2.45, 2.75) is 13.8 Å². The zero-order valence-electron chi connectivity index (χ0n) is 21.7. The van der Waals surface area contributed by atoms with Gasteiger partial charge in [-0.2, -0.15) is 0 Å². The van der Waals surface area contributed by atoms with Crippen LogP contribution < -0.4 is 20.1 Å². The molecular formula is C29H26FN3O6S. The highest BCUT2D eigenvalue weighted by atomic mass is 32.2. The summed E-state index contributed by atoms with van der Waals surface area (Å²) in [4.78, 5) is 51.0. The number of carbonyl (C=O) groups is 4. The lowest BCUT2D eigenvalue weighted by Gasteiger charge is -2.13. The molecule has 0 unspecified atom stereocenters. The van der Waals surface area contributed by atoms with Gasteiger partial charge in [-0.3, -0.25) is 24.1 Å². The highest BCUT2D eigenvalue weighted by Gasteiger charge is 2.36. The summed E-state index contributed by atoms with van der Waals surface area (Å²) >= 11 is 0.710. The van der Waals surface area contributed by atoms with E-state index in [4.69, 9.17) is 9.47 Å². The number of ether oxygens (including phenoxy) is 2. The molecule has 0 bridgehead atoms. The van der Waals surface area contributed by atoms with Crippen LogP contribution in [0.4, 0.5) is 20.6 Å². The summed E-state index contributed by atoms with van der Waals surface area (Å²) in [7, 11) is 0. The summed E-state index contributed by atoms with van der Waals surface area (Å²) in [5, 5.41) is 4.74. The van der Waals surface area contributed by atoms with Gasteiger partial charge in [0.15, 0.2) is 18.1 Å². The van der Waals surface area contributed by atoms with E-state index in [9.17, 15) is 23.6 Å². The molecule has 9 nitrogen and oxygen atoms in total. The van der Waals surface area contributed by atoms with Gasteiger partial charge in [-0.1, -0.05) is 24.3 Å². The van der Waals surface area contributed by atoms with Gasteiger partial charge >= 0.3 is 0 Å². The molecule has 2 N–H and O–H groups in total. The third-order valence-corrected chi connectivity index (χ3v) is 6.55. The molecule has 1 heterocycles. The van der Waals surface area contributed by atoms with Gasteiger partial charge in [0.05, 0.1) is 11.5 Å². The van der Waals surface area contributed by atoms with E-state index in [1.807, 2.05) is 25.1 Å². The third-order valence-electron chi connectivity index (χ3n) is 5.65. The van der Waals surface area contributed by atoms with E-state index < -0.39 is 29.4 Å². The minimum Gasteiger partial charge on any atom is -0.490 e. The minimum atomic E-state index is -0.615. The number of thioether (sulfide) groups is 1. The van der Waals surface area contributed by atoms with Crippen LogP contribution >= 0.6 is 11.8 Å². The van der Waals surface area contributed by atoms with Gasteiger partial charge < -0.3 is 20.1 Å². The molecule has 0 radical (unpaired) electrons. The number of nitrogens with one attached hydrogen (secondary N) is 2. The van der Waals surface area contributed by atoms with Gasteiger partial charge in [-0.25, -0.2) is 4.39 Å². The second kappa shape index (κ2) is 12.9. The van der Waals surface area contributed by atoms with Crippen LogP contribution in [0.3, 0.4) is 0 Å². The quantitative estimate of drug-likeness (QED) is 0.325. The average molecular weight is 564 g/mol. The molecule has 0 aliphatic carbocycles. The van der Waals surface area contributed by atoms with Crippen molar-refractivity contribution in [1.82, 2.24) is 4.90 Å². The molecule has 0 spiro atoms. The van der Waals surface area contributed by atoms with Gasteiger partial charge in [0.2, 0.25) is 5.91 Å². The molecule has 1 fully saturated rings. The van der Waals surface area contributed by atoms with Crippen LogP contribution in [0.5, 0.6) is 11.5 Å². The van der Waals surface area contributed by atoms with Crippen molar-refractivity contribution in [2.75, 3.05) is 30.4 Å². The molecule has 0 atom stereocenters. The molecular weight excluding hydrogens is 537 g/mol. The number of aryl methyl sites for hydroxylation is 1. The number of benzene rings is 3. The van der Waals surface area contributed by atoms with Gasteiger partial charge in [-0.15, -0.1) is 0 Å². The first kappa shape index (κ1) is 28.4. The fourth-order valence-electron chi connectivity index (χ4n) is 3.71. The molecule has 11 heteroatoms. The molecule has 3 aromatic carbocycles. The molecule has 0 aromatic heterocycles. The van der Waals surface area contributed by atoms with E-state index in [1.165, 1.54) is 30.3 Å². The Hall–Kier alpha value is -4.64. The normalized spacial score (nSPS) is 13.9. The largest absolute Gasteiger partial charge is 0.490 e. The Bertz CT molecular complexity index is 1470. The monoisotopic (exact) mass is 563 g/mol. The summed E-state index contributed by atoms with van der Waals surface area (Å²) in [6.07, 6.45) is 1.51. The predicted octanol–water partition coefficient (Wildman–Crippen LogP) is 5.23. The van der Waals surface area contributed by atoms with E-state index in [1.54, 1.807) is 31.2 Å². The van der Waals surface area contributed by atoms with Crippen molar-refractivity contribution in [3.8, 4) is 11.5 Å². The number of amides is 4. The first-order chi connectivity index (χ1) is 19.2. The molecule has 1 aliphatic heterocycles. The number of carbonyl (C=O) groups excluding carboxylic acids is 4. The van der Waals surface area contributed by atoms with Crippen LogP contribution in [-0.4, -0.2) is 47.6 Å². The van der Waals surface area contributed by atoms with Gasteiger partial charge in [0, 0.05) is 11.4 Å². The fraction of sp³-hybridized carbons (Fsp3) is 0.172. The molecule has 1 saturated heterocycles. The number of nitrogens with zero attached hydrogens (tertiary/aromatic N) is 1. The summed E-state index contributed by atoms with van der Waals surface area (Å²) in [5.74, 6) is -1.30. The van der Waals surface area contributed by atoms with Crippen molar-refractivity contribution in [1.29, 1.82) is 0 Å². The standard InChI is InChI=1S/C29H26FN3O6S/c1-3-38-24-14-19(8-13-23(24)39-17-27(35)32-22-7-5-4-6-18(22)2)15-25-28(36)33(29(37)40-25)16-26(34)31-21-11-9-20(30)10-12-21/h4-15H,3,16-17H2,1-2H3,(H,31,34)(H,32,35)/b25-15-. The molecule has 1 aliphatic rings. The van der Waals surface area contributed by atoms with Crippen LogP contribution in [0.15, 0.2) is 71.6 Å². The van der Waals surface area contributed by atoms with Gasteiger partial charge in [0.25, 0.3) is 17.1 Å². The van der Waals surface area contributed by atoms with Crippen molar-refractivity contribution >= 4 is 52.2 Å². The Morgan fingerprint density at radius 3 is 2.42 bits per heavy atom. The van der Waals surface area contributed by atoms with Crippen LogP contribution in [0.2, 0.25) is 0 Å². The summed E-state index contributed by atoms with van der Waals surface area (Å²) < 4.78 is 24.4. The summed E-state index contributed by atoms with van der Waals surface area (Å²) in [5.41, 5.74) is 2.51. The van der Waals surface area contributed by atoms with Crippen LogP contribution in [0.25, 0.3) is 6.08 Å².